The van der Waals surface area contributed by atoms with Gasteiger partial charge in [-0.25, -0.2) is 0 Å². The van der Waals surface area contributed by atoms with Gasteiger partial charge in [0.1, 0.15) is 17.1 Å². The van der Waals surface area contributed by atoms with E-state index in [1.807, 2.05) is 13.8 Å². The maximum absolute atomic E-state index is 12.1. The highest BCUT2D eigenvalue weighted by Gasteiger charge is 2.28. The fourth-order valence-corrected chi connectivity index (χ4v) is 1.99. The Labute approximate surface area is 129 Å². The van der Waals surface area contributed by atoms with E-state index in [0.717, 1.165) is 12.1 Å². The average molecular weight is 306 g/mol. The highest BCUT2D eigenvalue weighted by molar-refractivity contribution is 5.91. The highest BCUT2D eigenvalue weighted by atomic mass is 16.5. The third kappa shape index (κ3) is 3.57. The van der Waals surface area contributed by atoms with Crippen molar-refractivity contribution >= 4 is 5.91 Å². The molecule has 2 heterocycles. The van der Waals surface area contributed by atoms with Crippen molar-refractivity contribution in [2.75, 3.05) is 6.54 Å². The monoisotopic (exact) mass is 306 g/mol. The van der Waals surface area contributed by atoms with Crippen LogP contribution in [-0.2, 0) is 5.60 Å². The summed E-state index contributed by atoms with van der Waals surface area (Å²) in [6.45, 7) is 7.45. The number of furan rings is 1. The summed E-state index contributed by atoms with van der Waals surface area (Å²) in [5, 5.41) is 16.9. The molecule has 0 aromatic carbocycles. The Morgan fingerprint density at radius 1 is 1.50 bits per heavy atom. The van der Waals surface area contributed by atoms with Gasteiger partial charge in [-0.1, -0.05) is 19.0 Å². The van der Waals surface area contributed by atoms with E-state index in [9.17, 15) is 9.90 Å². The van der Waals surface area contributed by atoms with Gasteiger partial charge in [0.15, 0.2) is 0 Å². The second-order valence-corrected chi connectivity index (χ2v) is 5.79. The Balaban J connectivity index is 1.99. The standard InChI is InChI=1S/C16H22N2O4/c1-5-10(2)12-8-13(22-18-12)15(19)17-9-16(4,20)14-7-6-11(3)21-14/h6-8,10,20H,5,9H2,1-4H3,(H,17,19). The van der Waals surface area contributed by atoms with Gasteiger partial charge in [0, 0.05) is 12.0 Å². The largest absolute Gasteiger partial charge is 0.463 e. The predicted molar refractivity (Wildman–Crippen MR) is 80.6 cm³/mol. The number of hydrogen-bond acceptors (Lipinski definition) is 5. The first-order valence-electron chi connectivity index (χ1n) is 7.37. The van der Waals surface area contributed by atoms with E-state index in [-0.39, 0.29) is 18.2 Å². The lowest BCUT2D eigenvalue weighted by molar-refractivity contribution is 0.0318. The summed E-state index contributed by atoms with van der Waals surface area (Å²) in [6.07, 6.45) is 0.917. The molecule has 0 aliphatic rings. The van der Waals surface area contributed by atoms with E-state index in [0.29, 0.717) is 11.5 Å². The third-order valence-corrected chi connectivity index (χ3v) is 3.73. The number of carbonyl (C=O) groups excluding carboxylic acids is 1. The second-order valence-electron chi connectivity index (χ2n) is 5.79. The van der Waals surface area contributed by atoms with E-state index in [4.69, 9.17) is 8.94 Å². The molecule has 0 aliphatic carbocycles. The van der Waals surface area contributed by atoms with Crippen molar-refractivity contribution in [3.8, 4) is 0 Å². The molecule has 2 N–H and O–H groups in total. The molecule has 0 saturated heterocycles. The van der Waals surface area contributed by atoms with Crippen LogP contribution in [-0.4, -0.2) is 22.7 Å². The molecule has 2 rings (SSSR count). The molecule has 6 heteroatoms. The van der Waals surface area contributed by atoms with Gasteiger partial charge in [0.05, 0.1) is 12.2 Å². The minimum Gasteiger partial charge on any atom is -0.463 e. The quantitative estimate of drug-likeness (QED) is 0.856. The van der Waals surface area contributed by atoms with Crippen molar-refractivity contribution in [3.63, 3.8) is 0 Å². The van der Waals surface area contributed by atoms with E-state index in [1.54, 1.807) is 32.0 Å². The summed E-state index contributed by atoms with van der Waals surface area (Å²) in [7, 11) is 0. The first-order valence-corrected chi connectivity index (χ1v) is 7.37. The van der Waals surface area contributed by atoms with Gasteiger partial charge in [-0.05, 0) is 32.4 Å². The lowest BCUT2D eigenvalue weighted by atomic mass is 10.0. The van der Waals surface area contributed by atoms with Gasteiger partial charge >= 0.3 is 0 Å². The van der Waals surface area contributed by atoms with Gasteiger partial charge in [0.25, 0.3) is 5.91 Å². The minimum atomic E-state index is -1.29. The topological polar surface area (TPSA) is 88.5 Å². The number of nitrogens with one attached hydrogen (secondary N) is 1. The molecule has 0 spiro atoms. The number of carbonyl (C=O) groups is 1. The van der Waals surface area contributed by atoms with E-state index < -0.39 is 11.5 Å². The number of nitrogens with zero attached hydrogens (tertiary/aromatic N) is 1. The van der Waals surface area contributed by atoms with Crippen LogP contribution in [0.3, 0.4) is 0 Å². The van der Waals surface area contributed by atoms with Gasteiger partial charge in [-0.3, -0.25) is 4.79 Å². The Hall–Kier alpha value is -2.08. The van der Waals surface area contributed by atoms with Crippen LogP contribution in [0.1, 0.15) is 60.9 Å². The Bertz CT molecular complexity index is 642. The normalized spacial score (nSPS) is 15.3. The molecule has 2 aromatic heterocycles. The number of aliphatic hydroxyl groups is 1. The zero-order valence-corrected chi connectivity index (χ0v) is 13.3. The lowest BCUT2D eigenvalue weighted by Crippen LogP contribution is -2.38. The third-order valence-electron chi connectivity index (χ3n) is 3.73. The highest BCUT2D eigenvalue weighted by Crippen LogP contribution is 2.22. The summed E-state index contributed by atoms with van der Waals surface area (Å²) in [4.78, 5) is 12.1. The molecule has 2 aromatic rings. The van der Waals surface area contributed by atoms with Crippen LogP contribution in [0.2, 0.25) is 0 Å². The second kappa shape index (κ2) is 6.36. The van der Waals surface area contributed by atoms with Gasteiger partial charge in [0.2, 0.25) is 5.76 Å². The van der Waals surface area contributed by atoms with E-state index in [2.05, 4.69) is 10.5 Å². The van der Waals surface area contributed by atoms with Crippen molar-refractivity contribution < 1.29 is 18.8 Å². The molecule has 0 aliphatic heterocycles. The molecule has 2 atom stereocenters. The molecule has 6 nitrogen and oxygen atoms in total. The van der Waals surface area contributed by atoms with Crippen molar-refractivity contribution in [1.82, 2.24) is 10.5 Å². The minimum absolute atomic E-state index is 0.0121. The fraction of sp³-hybridized carbons (Fsp3) is 0.500. The molecular formula is C16H22N2O4. The number of rotatable bonds is 6. The molecular weight excluding hydrogens is 284 g/mol. The summed E-state index contributed by atoms with van der Waals surface area (Å²) in [5.74, 6) is 1.07. The Morgan fingerprint density at radius 3 is 2.82 bits per heavy atom. The van der Waals surface area contributed by atoms with Gasteiger partial charge in [-0.15, -0.1) is 0 Å². The first-order chi connectivity index (χ1) is 10.3. The summed E-state index contributed by atoms with van der Waals surface area (Å²) in [5.41, 5.74) is -0.537. The molecule has 1 amide bonds. The van der Waals surface area contributed by atoms with Crippen LogP contribution in [0, 0.1) is 6.92 Å². The van der Waals surface area contributed by atoms with Crippen molar-refractivity contribution in [2.45, 2.75) is 45.6 Å². The van der Waals surface area contributed by atoms with Crippen molar-refractivity contribution in [3.05, 3.63) is 41.2 Å². The van der Waals surface area contributed by atoms with Crippen LogP contribution in [0.25, 0.3) is 0 Å². The van der Waals surface area contributed by atoms with Crippen molar-refractivity contribution in [2.24, 2.45) is 0 Å². The van der Waals surface area contributed by atoms with Crippen LogP contribution < -0.4 is 5.32 Å². The van der Waals surface area contributed by atoms with Crippen molar-refractivity contribution in [1.29, 1.82) is 0 Å². The number of aryl methyl sites for hydroxylation is 1. The molecule has 0 saturated carbocycles. The number of aromatic nitrogens is 1. The summed E-state index contributed by atoms with van der Waals surface area (Å²) in [6, 6.07) is 5.09. The predicted octanol–water partition coefficient (Wildman–Crippen LogP) is 2.73. The zero-order chi connectivity index (χ0) is 16.3. The number of amides is 1. The molecule has 0 bridgehead atoms. The van der Waals surface area contributed by atoms with E-state index in [1.165, 1.54) is 0 Å². The molecule has 0 fully saturated rings. The van der Waals surface area contributed by atoms with E-state index >= 15 is 0 Å². The average Bonchev–Trinajstić information content (AvgIpc) is 3.13. The maximum atomic E-state index is 12.1. The SMILES string of the molecule is CCC(C)c1cc(C(=O)NCC(C)(O)c2ccc(C)o2)on1. The van der Waals surface area contributed by atoms with Crippen LogP contribution in [0.4, 0.5) is 0 Å². The Morgan fingerprint density at radius 2 is 2.23 bits per heavy atom. The molecule has 0 radical (unpaired) electrons. The molecule has 2 unspecified atom stereocenters. The lowest BCUT2D eigenvalue weighted by Gasteiger charge is -2.20. The molecule has 120 valence electrons. The Kier molecular flexibility index (Phi) is 4.71. The maximum Gasteiger partial charge on any atom is 0.290 e. The smallest absolute Gasteiger partial charge is 0.290 e. The van der Waals surface area contributed by atoms with Crippen LogP contribution in [0.5, 0.6) is 0 Å². The summed E-state index contributed by atoms with van der Waals surface area (Å²) < 4.78 is 10.5. The van der Waals surface area contributed by atoms with Gasteiger partial charge in [-0.2, -0.15) is 0 Å². The van der Waals surface area contributed by atoms with Crippen LogP contribution in [0.15, 0.2) is 27.1 Å². The molecule has 22 heavy (non-hydrogen) atoms. The zero-order valence-electron chi connectivity index (χ0n) is 13.3. The number of hydrogen-bond donors (Lipinski definition) is 2. The van der Waals surface area contributed by atoms with Gasteiger partial charge < -0.3 is 19.4 Å². The van der Waals surface area contributed by atoms with Crippen LogP contribution >= 0.6 is 0 Å². The first kappa shape index (κ1) is 16.3. The summed E-state index contributed by atoms with van der Waals surface area (Å²) >= 11 is 0. The fourth-order valence-electron chi connectivity index (χ4n) is 1.99.